The van der Waals surface area contributed by atoms with Gasteiger partial charge >= 0.3 is 0 Å². The molecule has 0 radical (unpaired) electrons. The number of unbranched alkanes of at least 4 members (excludes halogenated alkanes) is 18. The summed E-state index contributed by atoms with van der Waals surface area (Å²) in [5.74, 6) is 0. The van der Waals surface area contributed by atoms with Crippen LogP contribution in [0.4, 0.5) is 0 Å². The third kappa shape index (κ3) is 26.1. The lowest BCUT2D eigenvalue weighted by molar-refractivity contribution is 0.254. The van der Waals surface area contributed by atoms with Gasteiger partial charge in [0.2, 0.25) is 0 Å². The quantitative estimate of drug-likeness (QED) is 0.129. The Bertz CT molecular complexity index is 313. The highest BCUT2D eigenvalue weighted by atomic mass is 15.1. The zero-order valence-corrected chi connectivity index (χ0v) is 22.0. The van der Waals surface area contributed by atoms with E-state index in [1.807, 2.05) is 0 Å². The predicted molar refractivity (Wildman–Crippen MR) is 143 cm³/mol. The first-order valence-corrected chi connectivity index (χ1v) is 14.6. The molecule has 0 saturated carbocycles. The van der Waals surface area contributed by atoms with Gasteiger partial charge in [0.1, 0.15) is 0 Å². The first-order valence-electron chi connectivity index (χ1n) is 15.2. The van der Waals surface area contributed by atoms with Crippen molar-refractivity contribution < 1.29 is 1.37 Å². The van der Waals surface area contributed by atoms with Crippen molar-refractivity contribution in [2.75, 3.05) is 26.2 Å². The van der Waals surface area contributed by atoms with E-state index in [0.29, 0.717) is 6.54 Å². The molecule has 2 nitrogen and oxygen atoms in total. The Morgan fingerprint density at radius 2 is 0.774 bits per heavy atom. The fourth-order valence-corrected chi connectivity index (χ4v) is 4.52. The summed E-state index contributed by atoms with van der Waals surface area (Å²) in [5, 5.41) is 0. The highest BCUT2D eigenvalue weighted by molar-refractivity contribution is 4.60. The van der Waals surface area contributed by atoms with Crippen LogP contribution in [0.15, 0.2) is 0 Å². The molecule has 0 fully saturated rings. The summed E-state index contributed by atoms with van der Waals surface area (Å²) in [4.78, 5) is 2.66. The molecular formula is C29H62N2. The molecular weight excluding hydrogens is 376 g/mol. The Labute approximate surface area is 199 Å². The molecule has 2 N–H and O–H groups in total. The van der Waals surface area contributed by atoms with Crippen LogP contribution in [0.2, 0.25) is 0 Å². The Balaban J connectivity index is 3.81. The zero-order chi connectivity index (χ0) is 23.5. The predicted octanol–water partition coefficient (Wildman–Crippen LogP) is 9.26. The number of nitrogens with two attached hydrogens (primary N) is 1. The molecule has 0 aliphatic heterocycles. The molecule has 2 heteroatoms. The van der Waals surface area contributed by atoms with Gasteiger partial charge < -0.3 is 10.6 Å². The van der Waals surface area contributed by atoms with Crippen molar-refractivity contribution in [1.29, 1.82) is 0 Å². The van der Waals surface area contributed by atoms with E-state index in [0.717, 1.165) is 19.4 Å². The van der Waals surface area contributed by atoms with E-state index in [4.69, 9.17) is 7.10 Å². The number of hydrogen-bond acceptors (Lipinski definition) is 2. The molecule has 0 saturated heterocycles. The van der Waals surface area contributed by atoms with E-state index in [2.05, 4.69) is 18.7 Å². The highest BCUT2D eigenvalue weighted by Gasteiger charge is 2.05. The number of hydrogen-bond donors (Lipinski definition) is 1. The number of nitrogens with zero attached hydrogens (tertiary/aromatic N) is 1. The van der Waals surface area contributed by atoms with Crippen LogP contribution in [0.25, 0.3) is 0 Å². The molecule has 0 amide bonds. The molecule has 0 aliphatic rings. The lowest BCUT2D eigenvalue weighted by atomic mass is 10.1. The van der Waals surface area contributed by atoms with E-state index in [9.17, 15) is 0 Å². The smallest absolute Gasteiger partial charge is 0.0267 e. The number of rotatable bonds is 27. The van der Waals surface area contributed by atoms with Crippen LogP contribution in [0, 0.1) is 0 Å². The Kier molecular flexibility index (Phi) is 26.1. The van der Waals surface area contributed by atoms with Gasteiger partial charge in [0, 0.05) is 1.37 Å². The molecule has 1 atom stereocenters. The Hall–Kier alpha value is -0.0800. The van der Waals surface area contributed by atoms with Gasteiger partial charge in [0.25, 0.3) is 0 Å². The molecule has 1 unspecified atom stereocenters. The van der Waals surface area contributed by atoms with Crippen LogP contribution in [0.3, 0.4) is 0 Å². The van der Waals surface area contributed by atoms with E-state index < -0.39 is 0 Å². The third-order valence-corrected chi connectivity index (χ3v) is 6.68. The Morgan fingerprint density at radius 3 is 1.13 bits per heavy atom. The lowest BCUT2D eigenvalue weighted by Gasteiger charge is -2.22. The van der Waals surface area contributed by atoms with Crippen molar-refractivity contribution in [2.24, 2.45) is 5.73 Å². The first kappa shape index (κ1) is 29.0. The topological polar surface area (TPSA) is 29.3 Å². The SMILES string of the molecule is [2H]C(CCN)CCN(CCCCCCCCCCCC)CCCCCCCCCCCC. The van der Waals surface area contributed by atoms with Crippen molar-refractivity contribution >= 4 is 0 Å². The molecule has 0 spiro atoms. The van der Waals surface area contributed by atoms with Crippen molar-refractivity contribution in [3.8, 4) is 0 Å². The monoisotopic (exact) mass is 439 g/mol. The van der Waals surface area contributed by atoms with Gasteiger partial charge in [-0.05, 0) is 51.9 Å². The Morgan fingerprint density at radius 1 is 0.452 bits per heavy atom. The molecule has 0 bridgehead atoms. The molecule has 0 rings (SSSR count). The third-order valence-electron chi connectivity index (χ3n) is 6.68. The van der Waals surface area contributed by atoms with Crippen molar-refractivity contribution in [1.82, 2.24) is 4.90 Å². The maximum atomic E-state index is 8.16. The van der Waals surface area contributed by atoms with Crippen molar-refractivity contribution in [3.63, 3.8) is 0 Å². The maximum absolute atomic E-state index is 8.16. The second-order valence-electron chi connectivity index (χ2n) is 9.86. The largest absolute Gasteiger partial charge is 0.330 e. The van der Waals surface area contributed by atoms with Crippen molar-refractivity contribution in [3.05, 3.63) is 0 Å². The summed E-state index contributed by atoms with van der Waals surface area (Å²) in [6.07, 6.45) is 30.0. The van der Waals surface area contributed by atoms with E-state index in [1.165, 1.54) is 142 Å². The summed E-state index contributed by atoms with van der Waals surface area (Å²) in [6, 6.07) is 0. The van der Waals surface area contributed by atoms with Crippen molar-refractivity contribution in [2.45, 2.75) is 162 Å². The van der Waals surface area contributed by atoms with Crippen LogP contribution in [-0.4, -0.2) is 31.1 Å². The van der Waals surface area contributed by atoms with Gasteiger partial charge in [-0.15, -0.1) is 0 Å². The minimum atomic E-state index is 0.0305. The first-order chi connectivity index (χ1) is 15.7. The van der Waals surface area contributed by atoms with Crippen LogP contribution < -0.4 is 5.73 Å². The van der Waals surface area contributed by atoms with Gasteiger partial charge in [-0.2, -0.15) is 0 Å². The van der Waals surface area contributed by atoms with Crippen LogP contribution in [0.1, 0.15) is 163 Å². The van der Waals surface area contributed by atoms with Gasteiger partial charge in [0.15, 0.2) is 0 Å². The maximum Gasteiger partial charge on any atom is 0.0267 e. The second kappa shape index (κ2) is 28.0. The highest BCUT2D eigenvalue weighted by Crippen LogP contribution is 2.13. The average molecular weight is 440 g/mol. The van der Waals surface area contributed by atoms with Crippen LogP contribution in [0.5, 0.6) is 0 Å². The van der Waals surface area contributed by atoms with E-state index >= 15 is 0 Å². The normalized spacial score (nSPS) is 13.1. The molecule has 0 aromatic heterocycles. The summed E-state index contributed by atoms with van der Waals surface area (Å²) in [5.41, 5.74) is 5.65. The molecule has 31 heavy (non-hydrogen) atoms. The van der Waals surface area contributed by atoms with Crippen LogP contribution in [-0.2, 0) is 0 Å². The summed E-state index contributed by atoms with van der Waals surface area (Å²) >= 11 is 0. The minimum absolute atomic E-state index is 0.0305. The van der Waals surface area contributed by atoms with Gasteiger partial charge in [-0.25, -0.2) is 0 Å². The molecule has 0 aromatic rings. The van der Waals surface area contributed by atoms with Gasteiger partial charge in [0.05, 0.1) is 0 Å². The fourth-order valence-electron chi connectivity index (χ4n) is 4.52. The summed E-state index contributed by atoms with van der Waals surface area (Å²) < 4.78 is 8.16. The molecule has 188 valence electrons. The standard InChI is InChI=1S/C29H62N2/c1-3-5-7-9-11-13-15-17-19-23-27-31(29-25-21-22-26-30)28-24-20-18-16-14-12-10-8-6-4-2/h3-30H2,1-2H3/i21D. The lowest BCUT2D eigenvalue weighted by Crippen LogP contribution is -2.27. The summed E-state index contributed by atoms with van der Waals surface area (Å²) in [7, 11) is 0. The fraction of sp³-hybridized carbons (Fsp3) is 1.00. The molecule has 0 aromatic carbocycles. The zero-order valence-electron chi connectivity index (χ0n) is 23.0. The average Bonchev–Trinajstić information content (AvgIpc) is 2.79. The van der Waals surface area contributed by atoms with E-state index in [-0.39, 0.29) is 6.40 Å². The molecule has 0 aliphatic carbocycles. The summed E-state index contributed by atoms with van der Waals surface area (Å²) in [6.45, 7) is 8.82. The van der Waals surface area contributed by atoms with Crippen LogP contribution >= 0.6 is 0 Å². The van der Waals surface area contributed by atoms with Gasteiger partial charge in [-0.1, -0.05) is 136 Å². The van der Waals surface area contributed by atoms with E-state index in [1.54, 1.807) is 0 Å². The minimum Gasteiger partial charge on any atom is -0.330 e. The van der Waals surface area contributed by atoms with Gasteiger partial charge in [-0.3, -0.25) is 0 Å². The second-order valence-corrected chi connectivity index (χ2v) is 9.86. The molecule has 0 heterocycles.